The number of urea groups is 1. The first-order valence-electron chi connectivity index (χ1n) is 5.94. The van der Waals surface area contributed by atoms with Crippen LogP contribution in [0.4, 0.5) is 4.79 Å². The maximum Gasteiger partial charge on any atom is 0.328 e. The number of imidazole rings is 1. The van der Waals surface area contributed by atoms with E-state index in [9.17, 15) is 14.7 Å². The molecule has 1 heterocycles. The third-order valence-corrected chi connectivity index (χ3v) is 2.47. The van der Waals surface area contributed by atoms with E-state index in [2.05, 4.69) is 20.6 Å². The number of aliphatic carboxylic acids is 1. The SMILES string of the molecule is C[C@@H](O)[C@H](NC(=O)NCCCc1ncc[nH]1)C(=O)O. The number of nitrogens with zero attached hydrogens (tertiary/aromatic N) is 1. The van der Waals surface area contributed by atoms with Crippen LogP contribution in [0.3, 0.4) is 0 Å². The molecule has 5 N–H and O–H groups in total. The Hall–Kier alpha value is -2.09. The van der Waals surface area contributed by atoms with Crippen LogP contribution in [0.15, 0.2) is 12.4 Å². The summed E-state index contributed by atoms with van der Waals surface area (Å²) in [5.74, 6) is -0.449. The summed E-state index contributed by atoms with van der Waals surface area (Å²) in [6, 6.07) is -1.93. The molecule has 106 valence electrons. The highest BCUT2D eigenvalue weighted by Crippen LogP contribution is 1.94. The van der Waals surface area contributed by atoms with Gasteiger partial charge < -0.3 is 25.8 Å². The molecule has 8 nitrogen and oxygen atoms in total. The first-order chi connectivity index (χ1) is 9.00. The van der Waals surface area contributed by atoms with Crippen molar-refractivity contribution in [2.75, 3.05) is 6.54 Å². The summed E-state index contributed by atoms with van der Waals surface area (Å²) in [6.07, 6.45) is 3.57. The summed E-state index contributed by atoms with van der Waals surface area (Å²) >= 11 is 0. The van der Waals surface area contributed by atoms with Gasteiger partial charge in [-0.15, -0.1) is 0 Å². The molecule has 2 atom stereocenters. The summed E-state index contributed by atoms with van der Waals surface area (Å²) in [5, 5.41) is 22.7. The number of carbonyl (C=O) groups excluding carboxylic acids is 1. The van der Waals surface area contributed by atoms with Crippen molar-refractivity contribution in [2.24, 2.45) is 0 Å². The van der Waals surface area contributed by atoms with Crippen molar-refractivity contribution < 1.29 is 19.8 Å². The molecule has 1 rings (SSSR count). The molecular formula is C11H18N4O4. The number of aliphatic hydroxyl groups excluding tert-OH is 1. The minimum atomic E-state index is -1.31. The summed E-state index contributed by atoms with van der Waals surface area (Å²) < 4.78 is 0. The van der Waals surface area contributed by atoms with Crippen LogP contribution in [-0.4, -0.2) is 50.9 Å². The Bertz CT molecular complexity index is 405. The van der Waals surface area contributed by atoms with Gasteiger partial charge in [0.15, 0.2) is 6.04 Å². The van der Waals surface area contributed by atoms with Gasteiger partial charge in [-0.05, 0) is 13.3 Å². The maximum absolute atomic E-state index is 11.4. The molecule has 1 aromatic rings. The Labute approximate surface area is 110 Å². The second-order valence-corrected chi connectivity index (χ2v) is 4.10. The Balaban J connectivity index is 2.21. The number of nitrogens with one attached hydrogen (secondary N) is 3. The Kier molecular flexibility index (Phi) is 5.80. The highest BCUT2D eigenvalue weighted by atomic mass is 16.4. The molecule has 0 saturated carbocycles. The quantitative estimate of drug-likeness (QED) is 0.426. The molecule has 19 heavy (non-hydrogen) atoms. The first kappa shape index (κ1) is 15.0. The molecule has 2 amide bonds. The van der Waals surface area contributed by atoms with Gasteiger partial charge in [0.1, 0.15) is 5.82 Å². The molecular weight excluding hydrogens is 252 g/mol. The minimum absolute atomic E-state index is 0.388. The number of aromatic amines is 1. The normalized spacial score (nSPS) is 13.6. The van der Waals surface area contributed by atoms with Crippen LogP contribution in [0.2, 0.25) is 0 Å². The number of aryl methyl sites for hydroxylation is 1. The van der Waals surface area contributed by atoms with Gasteiger partial charge in [0.05, 0.1) is 6.10 Å². The number of hydrogen-bond acceptors (Lipinski definition) is 4. The van der Waals surface area contributed by atoms with E-state index in [1.54, 1.807) is 12.4 Å². The number of aliphatic hydroxyl groups is 1. The van der Waals surface area contributed by atoms with Crippen LogP contribution in [0.25, 0.3) is 0 Å². The molecule has 0 fully saturated rings. The number of H-pyrrole nitrogens is 1. The van der Waals surface area contributed by atoms with E-state index < -0.39 is 24.1 Å². The molecule has 1 aromatic heterocycles. The zero-order valence-electron chi connectivity index (χ0n) is 10.6. The van der Waals surface area contributed by atoms with Crippen LogP contribution in [0.5, 0.6) is 0 Å². The highest BCUT2D eigenvalue weighted by molar-refractivity contribution is 5.82. The van der Waals surface area contributed by atoms with Crippen molar-refractivity contribution >= 4 is 12.0 Å². The van der Waals surface area contributed by atoms with E-state index in [0.29, 0.717) is 19.4 Å². The van der Waals surface area contributed by atoms with Crippen LogP contribution in [-0.2, 0) is 11.2 Å². The van der Waals surface area contributed by atoms with Crippen LogP contribution in [0.1, 0.15) is 19.2 Å². The fraction of sp³-hybridized carbons (Fsp3) is 0.545. The third-order valence-electron chi connectivity index (χ3n) is 2.47. The molecule has 0 radical (unpaired) electrons. The van der Waals surface area contributed by atoms with E-state index in [1.165, 1.54) is 6.92 Å². The lowest BCUT2D eigenvalue weighted by atomic mass is 10.2. The Morgan fingerprint density at radius 2 is 2.26 bits per heavy atom. The van der Waals surface area contributed by atoms with Gasteiger partial charge in [0.25, 0.3) is 0 Å². The van der Waals surface area contributed by atoms with Gasteiger partial charge in [0.2, 0.25) is 0 Å². The number of aromatic nitrogens is 2. The van der Waals surface area contributed by atoms with E-state index in [0.717, 1.165) is 5.82 Å². The summed E-state index contributed by atoms with van der Waals surface area (Å²) in [7, 11) is 0. The van der Waals surface area contributed by atoms with Crippen molar-refractivity contribution in [2.45, 2.75) is 31.9 Å². The summed E-state index contributed by atoms with van der Waals surface area (Å²) in [5.41, 5.74) is 0. The topological polar surface area (TPSA) is 127 Å². The molecule has 0 spiro atoms. The number of carbonyl (C=O) groups is 2. The van der Waals surface area contributed by atoms with Crippen LogP contribution < -0.4 is 10.6 Å². The van der Waals surface area contributed by atoms with Gasteiger partial charge in [-0.1, -0.05) is 0 Å². The van der Waals surface area contributed by atoms with E-state index in [1.807, 2.05) is 0 Å². The second kappa shape index (κ2) is 7.37. The summed E-state index contributed by atoms with van der Waals surface area (Å²) in [4.78, 5) is 29.1. The number of carboxylic acid groups (broad SMARTS) is 1. The van der Waals surface area contributed by atoms with Gasteiger partial charge in [-0.25, -0.2) is 14.6 Å². The lowest BCUT2D eigenvalue weighted by Gasteiger charge is -2.17. The van der Waals surface area contributed by atoms with Crippen LogP contribution >= 0.6 is 0 Å². The van der Waals surface area contributed by atoms with E-state index >= 15 is 0 Å². The number of carboxylic acids is 1. The molecule has 0 aliphatic rings. The molecule has 0 bridgehead atoms. The first-order valence-corrected chi connectivity index (χ1v) is 5.94. The minimum Gasteiger partial charge on any atom is -0.480 e. The monoisotopic (exact) mass is 270 g/mol. The standard InChI is InChI=1S/C11H18N4O4/c1-7(16)9(10(17)18)15-11(19)14-4-2-3-8-12-5-6-13-8/h5-7,9,16H,2-4H2,1H3,(H,12,13)(H,17,18)(H2,14,15,19)/t7-,9+/m1/s1. The number of hydrogen-bond donors (Lipinski definition) is 5. The van der Waals surface area contributed by atoms with Gasteiger partial charge in [-0.3, -0.25) is 0 Å². The lowest BCUT2D eigenvalue weighted by molar-refractivity contribution is -0.141. The number of amides is 2. The smallest absolute Gasteiger partial charge is 0.328 e. The fourth-order valence-corrected chi connectivity index (χ4v) is 1.47. The van der Waals surface area contributed by atoms with Gasteiger partial charge >= 0.3 is 12.0 Å². The Morgan fingerprint density at radius 3 is 2.79 bits per heavy atom. The number of rotatable bonds is 7. The molecule has 0 unspecified atom stereocenters. The van der Waals surface area contributed by atoms with E-state index in [4.69, 9.17) is 5.11 Å². The highest BCUT2D eigenvalue weighted by Gasteiger charge is 2.24. The average Bonchev–Trinajstić information content (AvgIpc) is 2.84. The van der Waals surface area contributed by atoms with Crippen molar-refractivity contribution in [3.05, 3.63) is 18.2 Å². The zero-order chi connectivity index (χ0) is 14.3. The second-order valence-electron chi connectivity index (χ2n) is 4.10. The Morgan fingerprint density at radius 1 is 1.53 bits per heavy atom. The average molecular weight is 270 g/mol. The molecule has 0 aliphatic heterocycles. The molecule has 0 aromatic carbocycles. The van der Waals surface area contributed by atoms with Gasteiger partial charge in [0, 0.05) is 25.4 Å². The fourth-order valence-electron chi connectivity index (χ4n) is 1.47. The zero-order valence-corrected chi connectivity index (χ0v) is 10.6. The van der Waals surface area contributed by atoms with Crippen molar-refractivity contribution in [1.82, 2.24) is 20.6 Å². The third kappa shape index (κ3) is 5.38. The van der Waals surface area contributed by atoms with Crippen molar-refractivity contribution in [1.29, 1.82) is 0 Å². The lowest BCUT2D eigenvalue weighted by Crippen LogP contribution is -2.51. The van der Waals surface area contributed by atoms with Crippen molar-refractivity contribution in [3.63, 3.8) is 0 Å². The van der Waals surface area contributed by atoms with Crippen molar-refractivity contribution in [3.8, 4) is 0 Å². The van der Waals surface area contributed by atoms with E-state index in [-0.39, 0.29) is 0 Å². The predicted octanol–water partition coefficient (Wildman–Crippen LogP) is -0.525. The molecule has 0 aliphatic carbocycles. The molecule has 0 saturated heterocycles. The van der Waals surface area contributed by atoms with Gasteiger partial charge in [-0.2, -0.15) is 0 Å². The summed E-state index contributed by atoms with van der Waals surface area (Å²) in [6.45, 7) is 1.69. The molecule has 8 heteroatoms. The maximum atomic E-state index is 11.4. The predicted molar refractivity (Wildman–Crippen MR) is 66.5 cm³/mol. The largest absolute Gasteiger partial charge is 0.480 e. The van der Waals surface area contributed by atoms with Crippen LogP contribution in [0, 0.1) is 0 Å².